The quantitative estimate of drug-likeness (QED) is 0.111. The highest BCUT2D eigenvalue weighted by Gasteiger charge is 2.64. The third kappa shape index (κ3) is 5.98. The lowest BCUT2D eigenvalue weighted by atomic mass is 9.51. The van der Waals surface area contributed by atoms with Crippen LogP contribution >= 0.6 is 0 Å². The number of unbranched alkanes of at least 4 members (excludes halogenated alkanes) is 3. The molecule has 0 saturated heterocycles. The molecule has 1 aromatic rings. The zero-order valence-corrected chi connectivity index (χ0v) is 32.4. The third-order valence-electron chi connectivity index (χ3n) is 16.1. The van der Waals surface area contributed by atoms with E-state index in [9.17, 15) is 9.59 Å². The molecule has 5 heteroatoms. The van der Waals surface area contributed by atoms with E-state index in [2.05, 4.69) is 51.0 Å². The Kier molecular flexibility index (Phi) is 9.70. The average molecular weight is 707 g/mol. The lowest BCUT2D eigenvalue weighted by Gasteiger charge is -2.54. The van der Waals surface area contributed by atoms with E-state index >= 15 is 0 Å². The van der Waals surface area contributed by atoms with E-state index in [4.69, 9.17) is 20.6 Å². The molecule has 7 aliphatic carbocycles. The van der Waals surface area contributed by atoms with Crippen LogP contribution in [0.1, 0.15) is 154 Å². The molecular formula is C47H62O5. The van der Waals surface area contributed by atoms with Gasteiger partial charge in [0.15, 0.2) is 5.60 Å². The number of terminal acetylenes is 1. The molecule has 0 unspecified atom stereocenters. The number of allylic oxidation sites excluding steroid dienone is 4. The minimum Gasteiger partial charge on any atom is -0.494 e. The first kappa shape index (κ1) is 36.0. The Hall–Kier alpha value is -3.00. The molecule has 280 valence electrons. The van der Waals surface area contributed by atoms with Crippen LogP contribution in [0.3, 0.4) is 0 Å². The van der Waals surface area contributed by atoms with Gasteiger partial charge in [0.2, 0.25) is 0 Å². The summed E-state index contributed by atoms with van der Waals surface area (Å²) in [6.45, 7) is 8.57. The molecule has 0 bridgehead atoms. The van der Waals surface area contributed by atoms with Crippen LogP contribution in [-0.4, -0.2) is 23.6 Å². The van der Waals surface area contributed by atoms with E-state index in [0.717, 1.165) is 70.6 Å². The number of benzene rings is 1. The molecule has 0 spiro atoms. The number of rotatable bonds is 9. The lowest BCUT2D eigenvalue weighted by Crippen LogP contribution is -2.53. The molecule has 0 amide bonds. The monoisotopic (exact) mass is 706 g/mol. The minimum atomic E-state index is -0.758. The van der Waals surface area contributed by atoms with Crippen molar-refractivity contribution in [1.29, 1.82) is 0 Å². The smallest absolute Gasteiger partial charge is 0.308 e. The topological polar surface area (TPSA) is 61.8 Å². The predicted molar refractivity (Wildman–Crippen MR) is 204 cm³/mol. The molecule has 5 nitrogen and oxygen atoms in total. The zero-order chi connectivity index (χ0) is 36.3. The van der Waals surface area contributed by atoms with Crippen LogP contribution in [0.25, 0.3) is 0 Å². The van der Waals surface area contributed by atoms with Gasteiger partial charge in [-0.25, -0.2) is 0 Å². The summed E-state index contributed by atoms with van der Waals surface area (Å²) in [7, 11) is 0. The Balaban J connectivity index is 0.923. The van der Waals surface area contributed by atoms with Crippen molar-refractivity contribution in [2.75, 3.05) is 0 Å². The molecule has 4 fully saturated rings. The van der Waals surface area contributed by atoms with Gasteiger partial charge in [-0.1, -0.05) is 58.1 Å². The molecule has 52 heavy (non-hydrogen) atoms. The van der Waals surface area contributed by atoms with Crippen LogP contribution in [0, 0.1) is 58.7 Å². The normalized spacial score (nSPS) is 39.9. The largest absolute Gasteiger partial charge is 0.494 e. The fourth-order valence-electron chi connectivity index (χ4n) is 13.5. The van der Waals surface area contributed by atoms with Crippen molar-refractivity contribution in [1.82, 2.24) is 0 Å². The number of carbonyl (C=O) groups excluding carboxylic acids is 2. The van der Waals surface area contributed by atoms with Crippen molar-refractivity contribution in [2.24, 2.45) is 46.3 Å². The summed E-state index contributed by atoms with van der Waals surface area (Å²) in [6, 6.07) is 6.36. The van der Waals surface area contributed by atoms with E-state index in [-0.39, 0.29) is 22.8 Å². The standard InChI is InChI=1S/C47H62O5/c1-6-8-9-10-11-44(49)52-47(7-2)27-24-42-40-17-13-32-29-34(15-19-36(32)38(40)23-26-46(42,47)5)51-43-21-20-41-39-16-12-31-28-33(50-30(3)48)14-18-35(31)37(39)22-25-45(41,43)4/h2,13-14,18,28-29,36-43H,6,8-12,15-17,19-27H2,1,3-5H3/t36-,37+,38+,39+,40+,41-,42-,43-,45-,46-,47-/m0/s1. The van der Waals surface area contributed by atoms with Gasteiger partial charge in [0.25, 0.3) is 0 Å². The second kappa shape index (κ2) is 14.0. The summed E-state index contributed by atoms with van der Waals surface area (Å²) in [5, 5.41) is 0. The van der Waals surface area contributed by atoms with Crippen molar-refractivity contribution in [3.8, 4) is 18.1 Å². The molecule has 4 saturated carbocycles. The molecule has 0 heterocycles. The molecule has 7 aliphatic rings. The van der Waals surface area contributed by atoms with Gasteiger partial charge in [0, 0.05) is 30.6 Å². The first-order valence-corrected chi connectivity index (χ1v) is 21.2. The third-order valence-corrected chi connectivity index (χ3v) is 16.1. The van der Waals surface area contributed by atoms with Gasteiger partial charge < -0.3 is 14.2 Å². The Labute approximate surface area is 313 Å². The van der Waals surface area contributed by atoms with Crippen LogP contribution in [0.5, 0.6) is 5.75 Å². The van der Waals surface area contributed by atoms with Crippen molar-refractivity contribution in [3.05, 3.63) is 52.8 Å². The maximum Gasteiger partial charge on any atom is 0.308 e. The number of hydrogen-bond donors (Lipinski definition) is 0. The van der Waals surface area contributed by atoms with Gasteiger partial charge in [-0.05, 0) is 160 Å². The predicted octanol–water partition coefficient (Wildman–Crippen LogP) is 10.8. The summed E-state index contributed by atoms with van der Waals surface area (Å²) in [5.41, 5.74) is 3.71. The van der Waals surface area contributed by atoms with E-state index in [0.29, 0.717) is 59.7 Å². The average Bonchev–Trinajstić information content (AvgIpc) is 3.62. The van der Waals surface area contributed by atoms with Crippen molar-refractivity contribution < 1.29 is 23.8 Å². The number of esters is 2. The Morgan fingerprint density at radius 3 is 2.56 bits per heavy atom. The van der Waals surface area contributed by atoms with Gasteiger partial charge in [-0.2, -0.15) is 0 Å². The zero-order valence-electron chi connectivity index (χ0n) is 32.4. The number of aryl methyl sites for hydroxylation is 1. The molecule has 0 aromatic heterocycles. The molecule has 8 rings (SSSR count). The second-order valence-corrected chi connectivity index (χ2v) is 18.5. The SMILES string of the molecule is C#C[C@]1(OC(=O)CCCCCC)CC[C@H]2[C@@H]3CC=C4C=C(O[C@H]5CC[C@H]6[C@@H]7CCc8cc(OC(C)=O)ccc8[C@H]7CC[C@]56C)CC[C@@H]4[C@H]3CC[C@@]21C. The fourth-order valence-corrected chi connectivity index (χ4v) is 13.5. The molecule has 0 N–H and O–H groups in total. The number of fused-ring (bicyclic) bond motifs is 10. The van der Waals surface area contributed by atoms with Gasteiger partial charge in [-0.3, -0.25) is 9.59 Å². The summed E-state index contributed by atoms with van der Waals surface area (Å²) in [6.07, 6.45) is 30.9. The molecule has 0 aliphatic heterocycles. The number of ether oxygens (including phenoxy) is 3. The van der Waals surface area contributed by atoms with E-state index in [1.54, 1.807) is 0 Å². The van der Waals surface area contributed by atoms with Crippen LogP contribution < -0.4 is 4.74 Å². The van der Waals surface area contributed by atoms with Crippen molar-refractivity contribution in [3.63, 3.8) is 0 Å². The molecule has 0 radical (unpaired) electrons. The van der Waals surface area contributed by atoms with Crippen LogP contribution in [0.4, 0.5) is 0 Å². The molecular weight excluding hydrogens is 645 g/mol. The van der Waals surface area contributed by atoms with Crippen LogP contribution in [0.2, 0.25) is 0 Å². The van der Waals surface area contributed by atoms with Crippen LogP contribution in [0.15, 0.2) is 41.7 Å². The molecule has 1 aromatic carbocycles. The van der Waals surface area contributed by atoms with Crippen molar-refractivity contribution >= 4 is 11.9 Å². The second-order valence-electron chi connectivity index (χ2n) is 18.5. The van der Waals surface area contributed by atoms with E-state index in [1.165, 1.54) is 67.9 Å². The summed E-state index contributed by atoms with van der Waals surface area (Å²) in [4.78, 5) is 24.6. The Morgan fingerprint density at radius 1 is 0.885 bits per heavy atom. The van der Waals surface area contributed by atoms with Gasteiger partial charge in [0.1, 0.15) is 11.9 Å². The fraction of sp³-hybridized carbons (Fsp3) is 0.702. The number of carbonyl (C=O) groups is 2. The first-order chi connectivity index (χ1) is 25.1. The highest BCUT2D eigenvalue weighted by Crippen LogP contribution is 2.66. The Morgan fingerprint density at radius 2 is 1.75 bits per heavy atom. The summed E-state index contributed by atoms with van der Waals surface area (Å²) in [5.74, 6) is 9.05. The van der Waals surface area contributed by atoms with E-state index < -0.39 is 5.60 Å². The summed E-state index contributed by atoms with van der Waals surface area (Å²) >= 11 is 0. The van der Waals surface area contributed by atoms with Crippen LogP contribution in [-0.2, 0) is 25.5 Å². The lowest BCUT2D eigenvalue weighted by molar-refractivity contribution is -0.170. The van der Waals surface area contributed by atoms with Gasteiger partial charge in [0.05, 0.1) is 5.76 Å². The minimum absolute atomic E-state index is 0.0931. The van der Waals surface area contributed by atoms with Gasteiger partial charge in [-0.15, -0.1) is 6.42 Å². The maximum atomic E-state index is 13.1. The number of hydrogen-bond acceptors (Lipinski definition) is 5. The summed E-state index contributed by atoms with van der Waals surface area (Å²) < 4.78 is 18.9. The van der Waals surface area contributed by atoms with Gasteiger partial charge >= 0.3 is 11.9 Å². The van der Waals surface area contributed by atoms with Crippen molar-refractivity contribution in [2.45, 2.75) is 161 Å². The Bertz CT molecular complexity index is 1660. The first-order valence-electron chi connectivity index (χ1n) is 21.2. The maximum absolute atomic E-state index is 13.1. The highest BCUT2D eigenvalue weighted by atomic mass is 16.6. The molecule has 11 atom stereocenters. The highest BCUT2D eigenvalue weighted by molar-refractivity contribution is 5.70. The van der Waals surface area contributed by atoms with E-state index in [1.807, 2.05) is 6.07 Å².